The Morgan fingerprint density at radius 2 is 1.56 bits per heavy atom. The molecule has 0 radical (unpaired) electrons. The van der Waals surface area contributed by atoms with E-state index in [4.69, 9.17) is 4.84 Å². The molecule has 1 atom stereocenters. The van der Waals surface area contributed by atoms with Crippen LogP contribution in [-0.4, -0.2) is 26.1 Å². The van der Waals surface area contributed by atoms with Crippen molar-refractivity contribution in [1.29, 1.82) is 0 Å². The van der Waals surface area contributed by atoms with Gasteiger partial charge in [-0.3, -0.25) is 4.84 Å². The zero-order valence-corrected chi connectivity index (χ0v) is 16.6. The maximum Gasteiger partial charge on any atom is 0.262 e. The lowest BCUT2D eigenvalue weighted by Gasteiger charge is -2.36. The molecule has 0 saturated carbocycles. The van der Waals surface area contributed by atoms with Crippen LogP contribution in [-0.2, 0) is 10.4 Å². The van der Waals surface area contributed by atoms with Gasteiger partial charge in [-0.25, -0.2) is 4.97 Å². The van der Waals surface area contributed by atoms with Gasteiger partial charge in [-0.15, -0.1) is 0 Å². The summed E-state index contributed by atoms with van der Waals surface area (Å²) in [6.07, 6.45) is 4.92. The summed E-state index contributed by atoms with van der Waals surface area (Å²) in [6.45, 7) is 7.86. The lowest BCUT2D eigenvalue weighted by molar-refractivity contribution is -0.153. The van der Waals surface area contributed by atoms with Crippen LogP contribution < -0.4 is 0 Å². The third kappa shape index (κ3) is 3.01. The first-order valence-electron chi connectivity index (χ1n) is 9.57. The number of benzene rings is 2. The van der Waals surface area contributed by atoms with Gasteiger partial charge in [-0.2, -0.15) is 0 Å². The Hall–Kier alpha value is -1.36. The molecule has 2 fully saturated rings. The normalized spacial score (nSPS) is 23.0. The van der Waals surface area contributed by atoms with E-state index in [1.165, 1.54) is 30.3 Å². The first kappa shape index (κ1) is 17.1. The molecule has 2 aliphatic heterocycles. The molecule has 0 unspecified atom stereocenters. The largest absolute Gasteiger partial charge is 0.295 e. The highest BCUT2D eigenvalue weighted by Crippen LogP contribution is 2.57. The van der Waals surface area contributed by atoms with Crippen LogP contribution in [0.1, 0.15) is 24.0 Å². The van der Waals surface area contributed by atoms with Crippen LogP contribution in [0, 0.1) is 0 Å². The summed E-state index contributed by atoms with van der Waals surface area (Å²) in [5.41, 5.74) is 2.27. The molecule has 2 nitrogen and oxygen atoms in total. The molecule has 25 heavy (non-hydrogen) atoms. The third-order valence-corrected chi connectivity index (χ3v) is 6.93. The first-order valence-corrected chi connectivity index (χ1v) is 13.3. The fourth-order valence-electron chi connectivity index (χ4n) is 4.77. The molecule has 2 aromatic carbocycles. The summed E-state index contributed by atoms with van der Waals surface area (Å²) in [4.78, 5) is 9.31. The summed E-state index contributed by atoms with van der Waals surface area (Å²) >= 11 is 0. The van der Waals surface area contributed by atoms with Gasteiger partial charge in [0.05, 0.1) is 8.07 Å². The Morgan fingerprint density at radius 3 is 2.08 bits per heavy atom. The van der Waals surface area contributed by atoms with Crippen molar-refractivity contribution in [1.82, 2.24) is 4.97 Å². The van der Waals surface area contributed by atoms with Gasteiger partial charge in [0.2, 0.25) is 0 Å². The third-order valence-electron chi connectivity index (χ3n) is 5.67. The summed E-state index contributed by atoms with van der Waals surface area (Å²) in [5.74, 6) is 0.536. The number of rotatable bonds is 4. The van der Waals surface area contributed by atoms with Gasteiger partial charge in [0.15, 0.2) is 0 Å². The van der Waals surface area contributed by atoms with Crippen molar-refractivity contribution < 1.29 is 4.84 Å². The molecule has 2 aromatic rings. The number of hydrogen-bond acceptors (Lipinski definition) is 2. The molecule has 0 aromatic heterocycles. The summed E-state index contributed by atoms with van der Waals surface area (Å²) in [5, 5.41) is 0. The summed E-state index contributed by atoms with van der Waals surface area (Å²) in [7, 11) is -1.25. The van der Waals surface area contributed by atoms with E-state index in [0.29, 0.717) is 12.7 Å². The van der Waals surface area contributed by atoms with E-state index in [9.17, 15) is 0 Å². The second-order valence-corrected chi connectivity index (χ2v) is 14.2. The second-order valence-electron chi connectivity index (χ2n) is 8.80. The topological polar surface area (TPSA) is 12.5 Å². The van der Waals surface area contributed by atoms with Gasteiger partial charge in [-0.05, 0) is 16.9 Å². The predicted octanol–water partition coefficient (Wildman–Crippen LogP) is 5.21. The second kappa shape index (κ2) is 6.42. The summed E-state index contributed by atoms with van der Waals surface area (Å²) in [6, 6.07) is 21.8. The quantitative estimate of drug-likeness (QED) is 0.703. The highest BCUT2D eigenvalue weighted by atomic mass is 28.3. The SMILES string of the molecule is C[Si](C)(C)CN1OC(c2ccccc2)(c2ccccc2)[C@@H]2CCCB21. The molecule has 2 heterocycles. The Labute approximate surface area is 153 Å². The van der Waals surface area contributed by atoms with E-state index in [1.807, 2.05) is 0 Å². The Morgan fingerprint density at radius 1 is 1.00 bits per heavy atom. The van der Waals surface area contributed by atoms with Crippen LogP contribution in [0.25, 0.3) is 0 Å². The van der Waals surface area contributed by atoms with Crippen LogP contribution in [0.4, 0.5) is 0 Å². The fourth-order valence-corrected chi connectivity index (χ4v) is 6.00. The van der Waals surface area contributed by atoms with Gasteiger partial charge >= 0.3 is 0 Å². The Kier molecular flexibility index (Phi) is 4.39. The van der Waals surface area contributed by atoms with Gasteiger partial charge in [0.25, 0.3) is 6.85 Å². The molecule has 0 aliphatic carbocycles. The van der Waals surface area contributed by atoms with Crippen LogP contribution in [0.15, 0.2) is 60.7 Å². The highest BCUT2D eigenvalue weighted by Gasteiger charge is 2.59. The van der Waals surface area contributed by atoms with Gasteiger partial charge in [0, 0.05) is 6.17 Å². The van der Waals surface area contributed by atoms with Crippen LogP contribution in [0.2, 0.25) is 31.8 Å². The van der Waals surface area contributed by atoms with Crippen LogP contribution in [0.5, 0.6) is 0 Å². The minimum atomic E-state index is -1.25. The van der Waals surface area contributed by atoms with Crippen molar-refractivity contribution in [2.75, 3.05) is 6.17 Å². The maximum absolute atomic E-state index is 6.93. The lowest BCUT2D eigenvalue weighted by Crippen LogP contribution is -2.44. The molecule has 130 valence electrons. The molecule has 0 bridgehead atoms. The predicted molar refractivity (Wildman–Crippen MR) is 108 cm³/mol. The summed E-state index contributed by atoms with van der Waals surface area (Å²) < 4.78 is 0. The fraction of sp³-hybridized carbons (Fsp3) is 0.429. The van der Waals surface area contributed by atoms with Crippen molar-refractivity contribution in [3.8, 4) is 0 Å². The van der Waals surface area contributed by atoms with E-state index < -0.39 is 8.07 Å². The smallest absolute Gasteiger partial charge is 0.262 e. The van der Waals surface area contributed by atoms with E-state index in [2.05, 4.69) is 85.3 Å². The zero-order chi connectivity index (χ0) is 17.5. The van der Waals surface area contributed by atoms with Crippen molar-refractivity contribution >= 4 is 14.9 Å². The first-order chi connectivity index (χ1) is 12.0. The molecule has 2 saturated heterocycles. The minimum Gasteiger partial charge on any atom is -0.295 e. The van der Waals surface area contributed by atoms with Gasteiger partial charge in [0.1, 0.15) is 5.60 Å². The molecular weight excluding hydrogens is 321 g/mol. The molecule has 0 amide bonds. The van der Waals surface area contributed by atoms with Crippen molar-refractivity contribution in [3.05, 3.63) is 71.8 Å². The van der Waals surface area contributed by atoms with Crippen molar-refractivity contribution in [2.24, 2.45) is 0 Å². The molecular formula is C21H28BNOSi. The lowest BCUT2D eigenvalue weighted by atomic mass is 9.48. The van der Waals surface area contributed by atoms with Crippen LogP contribution >= 0.6 is 0 Å². The monoisotopic (exact) mass is 349 g/mol. The molecule has 0 N–H and O–H groups in total. The molecule has 4 heteroatoms. The standard InChI is InChI=1S/C21H28BNOSi/c1-25(2,3)17-23-22-16-10-15-20(22)21(24-23,18-11-6-4-7-12-18)19-13-8-5-9-14-19/h4-9,11-14,20H,10,15-17H2,1-3H3/t20-/m0/s1. The molecule has 4 rings (SSSR count). The van der Waals surface area contributed by atoms with Crippen LogP contribution in [0.3, 0.4) is 0 Å². The van der Waals surface area contributed by atoms with E-state index in [1.54, 1.807) is 0 Å². The number of fused-ring (bicyclic) bond motifs is 1. The molecule has 2 aliphatic rings. The van der Waals surface area contributed by atoms with Crippen molar-refractivity contribution in [2.45, 2.75) is 50.2 Å². The van der Waals surface area contributed by atoms with Gasteiger partial charge < -0.3 is 0 Å². The Bertz CT molecular complexity index is 676. The van der Waals surface area contributed by atoms with Gasteiger partial charge in [-0.1, -0.05) is 99.5 Å². The van der Waals surface area contributed by atoms with E-state index >= 15 is 0 Å². The minimum absolute atomic E-state index is 0.330. The zero-order valence-electron chi connectivity index (χ0n) is 15.6. The number of nitrogens with zero attached hydrogens (tertiary/aromatic N) is 1. The van der Waals surface area contributed by atoms with Crippen molar-refractivity contribution in [3.63, 3.8) is 0 Å². The van der Waals surface area contributed by atoms with E-state index in [-0.39, 0.29) is 5.60 Å². The number of hydrogen-bond donors (Lipinski definition) is 0. The number of hydroxylamine groups is 1. The Balaban J connectivity index is 1.84. The average molecular weight is 349 g/mol. The average Bonchev–Trinajstić information content (AvgIpc) is 3.19. The maximum atomic E-state index is 6.93. The highest BCUT2D eigenvalue weighted by molar-refractivity contribution is 6.77. The molecule has 0 spiro atoms. The van der Waals surface area contributed by atoms with E-state index in [0.717, 1.165) is 6.17 Å².